The first kappa shape index (κ1) is 12.1. The lowest BCUT2D eigenvalue weighted by Crippen LogP contribution is -1.98. The molecule has 0 fully saturated rings. The molecule has 0 aliphatic heterocycles. The highest BCUT2D eigenvalue weighted by Gasteiger charge is 2.12. The van der Waals surface area contributed by atoms with Gasteiger partial charge in [0, 0.05) is 11.0 Å². The van der Waals surface area contributed by atoms with Crippen LogP contribution in [0.4, 0.5) is 5.13 Å². The van der Waals surface area contributed by atoms with Gasteiger partial charge < -0.3 is 5.32 Å². The van der Waals surface area contributed by atoms with Crippen molar-refractivity contribution in [3.63, 3.8) is 0 Å². The van der Waals surface area contributed by atoms with Crippen LogP contribution < -0.4 is 5.32 Å². The van der Waals surface area contributed by atoms with E-state index in [9.17, 15) is 0 Å². The topological polar surface area (TPSA) is 24.9 Å². The van der Waals surface area contributed by atoms with Gasteiger partial charge in [-0.25, -0.2) is 4.98 Å². The van der Waals surface area contributed by atoms with Gasteiger partial charge in [0.05, 0.1) is 15.2 Å². The van der Waals surface area contributed by atoms with E-state index in [2.05, 4.69) is 33.2 Å². The van der Waals surface area contributed by atoms with Gasteiger partial charge in [0.25, 0.3) is 0 Å². The number of aryl methyl sites for hydroxylation is 1. The van der Waals surface area contributed by atoms with E-state index in [-0.39, 0.29) is 0 Å². The third-order valence-corrected chi connectivity index (χ3v) is 4.67. The first-order chi connectivity index (χ1) is 7.63. The minimum absolute atomic E-state index is 0.752. The molecule has 0 spiro atoms. The lowest BCUT2D eigenvalue weighted by atomic mass is 10.2. The van der Waals surface area contributed by atoms with Crippen molar-refractivity contribution in [2.45, 2.75) is 20.3 Å². The molecule has 1 aromatic heterocycles. The molecule has 2 nitrogen and oxygen atoms in total. The van der Waals surface area contributed by atoms with Crippen molar-refractivity contribution in [1.29, 1.82) is 0 Å². The molecule has 1 aromatic carbocycles. The number of hydrogen-bond donors (Lipinski definition) is 1. The fourth-order valence-electron chi connectivity index (χ4n) is 1.47. The third-order valence-electron chi connectivity index (χ3n) is 2.28. The van der Waals surface area contributed by atoms with Gasteiger partial charge in [0.1, 0.15) is 0 Å². The Hall–Kier alpha value is -0.320. The smallest absolute Gasteiger partial charge is 0.183 e. The summed E-state index contributed by atoms with van der Waals surface area (Å²) in [5.41, 5.74) is 2.14. The van der Waals surface area contributed by atoms with Crippen molar-refractivity contribution in [2.24, 2.45) is 0 Å². The second kappa shape index (κ2) is 4.90. The second-order valence-electron chi connectivity index (χ2n) is 3.61. The van der Waals surface area contributed by atoms with Gasteiger partial charge in [0.2, 0.25) is 0 Å². The Morgan fingerprint density at radius 1 is 1.56 bits per heavy atom. The van der Waals surface area contributed by atoms with Crippen molar-refractivity contribution in [3.05, 3.63) is 21.1 Å². The van der Waals surface area contributed by atoms with Crippen LogP contribution in [0.3, 0.4) is 0 Å². The number of fused-ring (bicyclic) bond motifs is 1. The molecule has 0 amide bonds. The van der Waals surface area contributed by atoms with Gasteiger partial charge in [-0.05, 0) is 40.9 Å². The highest BCUT2D eigenvalue weighted by Crippen LogP contribution is 2.38. The van der Waals surface area contributed by atoms with Crippen LogP contribution in [0.25, 0.3) is 10.2 Å². The molecule has 86 valence electrons. The average Bonchev–Trinajstić information content (AvgIpc) is 2.68. The number of aromatic nitrogens is 1. The maximum Gasteiger partial charge on any atom is 0.183 e. The zero-order chi connectivity index (χ0) is 11.7. The van der Waals surface area contributed by atoms with Crippen LogP contribution in [0, 0.1) is 6.92 Å². The molecule has 1 N–H and O–H groups in total. The molecule has 1 heterocycles. The molecule has 16 heavy (non-hydrogen) atoms. The maximum absolute atomic E-state index is 6.24. The number of nitrogens with zero attached hydrogens (tertiary/aromatic N) is 1. The summed E-state index contributed by atoms with van der Waals surface area (Å²) in [6, 6.07) is 2.01. The minimum Gasteiger partial charge on any atom is -0.361 e. The number of halogens is 2. The molecule has 0 unspecified atom stereocenters. The summed E-state index contributed by atoms with van der Waals surface area (Å²) in [5, 5.41) is 4.99. The summed E-state index contributed by atoms with van der Waals surface area (Å²) in [4.78, 5) is 4.55. The standard InChI is InChI=1S/C11H12BrClN2S/c1-3-4-14-11-15-9-6(2)5-7(12)8(13)10(9)16-11/h5H,3-4H2,1-2H3,(H,14,15). The Bertz CT molecular complexity index is 524. The summed E-state index contributed by atoms with van der Waals surface area (Å²) in [7, 11) is 0. The van der Waals surface area contributed by atoms with E-state index in [4.69, 9.17) is 11.6 Å². The Kier molecular flexibility index (Phi) is 3.72. The molecular weight excluding hydrogens is 308 g/mol. The summed E-state index contributed by atoms with van der Waals surface area (Å²) in [5.74, 6) is 0. The number of thiazole rings is 1. The lowest BCUT2D eigenvalue weighted by molar-refractivity contribution is 0.977. The van der Waals surface area contributed by atoms with Gasteiger partial charge in [-0.1, -0.05) is 29.9 Å². The van der Waals surface area contributed by atoms with Crippen LogP contribution in [-0.2, 0) is 0 Å². The Balaban J connectivity index is 2.52. The third kappa shape index (κ3) is 2.19. The summed E-state index contributed by atoms with van der Waals surface area (Å²) in [6.45, 7) is 5.12. The van der Waals surface area contributed by atoms with E-state index in [1.165, 1.54) is 0 Å². The molecule has 0 aliphatic rings. The van der Waals surface area contributed by atoms with Crippen molar-refractivity contribution < 1.29 is 0 Å². The van der Waals surface area contributed by atoms with Crippen LogP contribution >= 0.6 is 38.9 Å². The summed E-state index contributed by atoms with van der Waals surface area (Å²) < 4.78 is 1.98. The van der Waals surface area contributed by atoms with E-state index in [1.54, 1.807) is 11.3 Å². The van der Waals surface area contributed by atoms with Gasteiger partial charge in [-0.15, -0.1) is 0 Å². The van der Waals surface area contributed by atoms with Crippen LogP contribution in [0.5, 0.6) is 0 Å². The summed E-state index contributed by atoms with van der Waals surface area (Å²) >= 11 is 11.3. The zero-order valence-electron chi connectivity index (χ0n) is 9.10. The van der Waals surface area contributed by atoms with Crippen molar-refractivity contribution in [1.82, 2.24) is 4.98 Å². The zero-order valence-corrected chi connectivity index (χ0v) is 12.3. The van der Waals surface area contributed by atoms with Gasteiger partial charge in [-0.2, -0.15) is 0 Å². The minimum atomic E-state index is 0.752. The number of rotatable bonds is 3. The first-order valence-electron chi connectivity index (χ1n) is 5.12. The van der Waals surface area contributed by atoms with Crippen molar-refractivity contribution in [2.75, 3.05) is 11.9 Å². The molecule has 2 rings (SSSR count). The van der Waals surface area contributed by atoms with Crippen LogP contribution in [0.15, 0.2) is 10.5 Å². The number of anilines is 1. The van der Waals surface area contributed by atoms with Crippen molar-refractivity contribution in [3.8, 4) is 0 Å². The number of benzene rings is 1. The molecule has 0 bridgehead atoms. The molecule has 0 saturated heterocycles. The highest BCUT2D eigenvalue weighted by molar-refractivity contribution is 9.10. The van der Waals surface area contributed by atoms with E-state index < -0.39 is 0 Å². The number of nitrogens with one attached hydrogen (secondary N) is 1. The molecule has 0 atom stereocenters. The highest BCUT2D eigenvalue weighted by atomic mass is 79.9. The van der Waals surface area contributed by atoms with E-state index >= 15 is 0 Å². The predicted molar refractivity (Wildman–Crippen MR) is 75.8 cm³/mol. The largest absolute Gasteiger partial charge is 0.361 e. The Labute approximate surface area is 112 Å². The predicted octanol–water partition coefficient (Wildman–Crippen LogP) is 4.84. The average molecular weight is 320 g/mol. The van der Waals surface area contributed by atoms with Crippen LogP contribution in [0.2, 0.25) is 5.02 Å². The lowest BCUT2D eigenvalue weighted by Gasteiger charge is -1.99. The molecule has 2 aromatic rings. The van der Waals surface area contributed by atoms with Crippen LogP contribution in [0.1, 0.15) is 18.9 Å². The van der Waals surface area contributed by atoms with Gasteiger partial charge >= 0.3 is 0 Å². The molecular formula is C11H12BrClN2S. The molecule has 0 radical (unpaired) electrons. The second-order valence-corrected chi connectivity index (χ2v) is 5.84. The number of hydrogen-bond acceptors (Lipinski definition) is 3. The Morgan fingerprint density at radius 3 is 3.00 bits per heavy atom. The van der Waals surface area contributed by atoms with Crippen molar-refractivity contribution >= 4 is 54.2 Å². The monoisotopic (exact) mass is 318 g/mol. The molecule has 5 heteroatoms. The Morgan fingerprint density at radius 2 is 2.31 bits per heavy atom. The normalized spacial score (nSPS) is 11.0. The first-order valence-corrected chi connectivity index (χ1v) is 7.11. The van der Waals surface area contributed by atoms with Gasteiger partial charge in [0.15, 0.2) is 5.13 Å². The fourth-order valence-corrected chi connectivity index (χ4v) is 3.41. The SMILES string of the molecule is CCCNc1nc2c(C)cc(Br)c(Cl)c2s1. The quantitative estimate of drug-likeness (QED) is 0.875. The van der Waals surface area contributed by atoms with E-state index in [1.807, 2.05) is 13.0 Å². The maximum atomic E-state index is 6.24. The molecule has 0 saturated carbocycles. The fraction of sp³-hybridized carbons (Fsp3) is 0.364. The molecule has 0 aliphatic carbocycles. The van der Waals surface area contributed by atoms with E-state index in [0.717, 1.165) is 43.4 Å². The van der Waals surface area contributed by atoms with Gasteiger partial charge in [-0.3, -0.25) is 0 Å². The van der Waals surface area contributed by atoms with Crippen LogP contribution in [-0.4, -0.2) is 11.5 Å². The van der Waals surface area contributed by atoms with E-state index in [0.29, 0.717) is 0 Å². The summed E-state index contributed by atoms with van der Waals surface area (Å²) in [6.07, 6.45) is 1.09.